The number of amides is 2. The highest BCUT2D eigenvalue weighted by atomic mass is 35.5. The van der Waals surface area contributed by atoms with Crippen molar-refractivity contribution in [1.29, 1.82) is 0 Å². The second-order valence-corrected chi connectivity index (χ2v) is 6.61. The molecule has 2 atom stereocenters. The van der Waals surface area contributed by atoms with E-state index in [1.807, 2.05) is 0 Å². The van der Waals surface area contributed by atoms with E-state index in [0.29, 0.717) is 12.3 Å². The molecule has 1 aliphatic carbocycles. The number of carbonyl (C=O) groups excluding carboxylic acids is 2. The lowest BCUT2D eigenvalue weighted by molar-refractivity contribution is -0.126. The minimum Gasteiger partial charge on any atom is -0.350 e. The molecule has 2 fully saturated rings. The zero-order chi connectivity index (χ0) is 15.1. The van der Waals surface area contributed by atoms with Crippen molar-refractivity contribution in [2.24, 2.45) is 11.8 Å². The summed E-state index contributed by atoms with van der Waals surface area (Å²) in [6.07, 6.45) is 7.75. The van der Waals surface area contributed by atoms with E-state index < -0.39 is 0 Å². The van der Waals surface area contributed by atoms with Gasteiger partial charge in [0.1, 0.15) is 0 Å². The molecule has 22 heavy (non-hydrogen) atoms. The Labute approximate surface area is 139 Å². The lowest BCUT2D eigenvalue weighted by Crippen LogP contribution is -2.52. The van der Waals surface area contributed by atoms with E-state index in [2.05, 4.69) is 22.9 Å². The molecule has 0 spiro atoms. The van der Waals surface area contributed by atoms with Crippen LogP contribution in [0, 0.1) is 11.8 Å². The molecule has 0 bridgehead atoms. The molecule has 1 saturated carbocycles. The third-order valence-electron chi connectivity index (χ3n) is 4.87. The van der Waals surface area contributed by atoms with E-state index in [1.54, 1.807) is 0 Å². The molecule has 2 amide bonds. The van der Waals surface area contributed by atoms with Crippen molar-refractivity contribution in [3.05, 3.63) is 0 Å². The van der Waals surface area contributed by atoms with Gasteiger partial charge in [0.05, 0.1) is 6.54 Å². The van der Waals surface area contributed by atoms with Crippen LogP contribution in [0.5, 0.6) is 0 Å². The summed E-state index contributed by atoms with van der Waals surface area (Å²) >= 11 is 0. The number of halogens is 1. The largest absolute Gasteiger partial charge is 0.350 e. The number of hydrogen-bond acceptors (Lipinski definition) is 3. The summed E-state index contributed by atoms with van der Waals surface area (Å²) in [6, 6.07) is 0.182. The van der Waals surface area contributed by atoms with Crippen LogP contribution >= 0.6 is 12.4 Å². The fraction of sp³-hybridized carbons (Fsp3) is 0.875. The summed E-state index contributed by atoms with van der Waals surface area (Å²) in [5, 5.41) is 9.03. The molecule has 1 aliphatic heterocycles. The van der Waals surface area contributed by atoms with Gasteiger partial charge in [-0.25, -0.2) is 0 Å². The number of hydrogen-bond donors (Lipinski definition) is 3. The van der Waals surface area contributed by atoms with E-state index in [1.165, 1.54) is 25.7 Å². The Balaban J connectivity index is 0.00000242. The van der Waals surface area contributed by atoms with E-state index in [0.717, 1.165) is 31.8 Å². The molecule has 3 N–H and O–H groups in total. The number of nitrogens with one attached hydrogen (secondary N) is 3. The monoisotopic (exact) mass is 331 g/mol. The van der Waals surface area contributed by atoms with Gasteiger partial charge in [-0.15, -0.1) is 12.4 Å². The molecule has 2 rings (SSSR count). The van der Waals surface area contributed by atoms with Gasteiger partial charge < -0.3 is 16.0 Å². The van der Waals surface area contributed by atoms with Crippen molar-refractivity contribution in [1.82, 2.24) is 16.0 Å². The summed E-state index contributed by atoms with van der Waals surface area (Å²) in [4.78, 5) is 23.6. The summed E-state index contributed by atoms with van der Waals surface area (Å²) in [6.45, 7) is 4.10. The molecule has 2 aliphatic rings. The molecular weight excluding hydrogens is 302 g/mol. The molecule has 1 heterocycles. The lowest BCUT2D eigenvalue weighted by atomic mass is 9.95. The highest BCUT2D eigenvalue weighted by Crippen LogP contribution is 2.28. The third-order valence-corrected chi connectivity index (χ3v) is 4.87. The second-order valence-electron chi connectivity index (χ2n) is 6.61. The number of rotatable bonds is 6. The Morgan fingerprint density at radius 2 is 1.86 bits per heavy atom. The van der Waals surface area contributed by atoms with Crippen molar-refractivity contribution in [2.45, 2.75) is 57.9 Å². The molecular formula is C16H30ClN3O2. The van der Waals surface area contributed by atoms with Gasteiger partial charge in [0.2, 0.25) is 11.8 Å². The Kier molecular flexibility index (Phi) is 8.79. The highest BCUT2D eigenvalue weighted by molar-refractivity contribution is 5.85. The van der Waals surface area contributed by atoms with Crippen LogP contribution in [0.15, 0.2) is 0 Å². The normalized spacial score (nSPS) is 25.3. The third kappa shape index (κ3) is 6.53. The fourth-order valence-electron chi connectivity index (χ4n) is 3.34. The second kappa shape index (κ2) is 10.1. The summed E-state index contributed by atoms with van der Waals surface area (Å²) in [5.74, 6) is 1.14. The molecule has 0 radical (unpaired) electrons. The fourth-order valence-corrected chi connectivity index (χ4v) is 3.34. The quantitative estimate of drug-likeness (QED) is 0.692. The van der Waals surface area contributed by atoms with Crippen LogP contribution in [0.2, 0.25) is 0 Å². The van der Waals surface area contributed by atoms with E-state index in [4.69, 9.17) is 0 Å². The van der Waals surface area contributed by atoms with Gasteiger partial charge in [-0.3, -0.25) is 9.59 Å². The maximum Gasteiger partial charge on any atom is 0.239 e. The first-order valence-electron chi connectivity index (χ1n) is 8.42. The average molecular weight is 332 g/mol. The van der Waals surface area contributed by atoms with E-state index >= 15 is 0 Å². The van der Waals surface area contributed by atoms with E-state index in [-0.39, 0.29) is 36.8 Å². The predicted molar refractivity (Wildman–Crippen MR) is 90.0 cm³/mol. The molecule has 0 aromatic rings. The van der Waals surface area contributed by atoms with Crippen molar-refractivity contribution in [3.63, 3.8) is 0 Å². The van der Waals surface area contributed by atoms with Crippen molar-refractivity contribution >= 4 is 24.2 Å². The van der Waals surface area contributed by atoms with Gasteiger partial charge in [-0.2, -0.15) is 0 Å². The first-order chi connectivity index (χ1) is 10.1. The molecule has 1 saturated heterocycles. The van der Waals surface area contributed by atoms with Gasteiger partial charge in [0.25, 0.3) is 0 Å². The summed E-state index contributed by atoms with van der Waals surface area (Å²) < 4.78 is 0. The van der Waals surface area contributed by atoms with Crippen LogP contribution in [0.25, 0.3) is 0 Å². The van der Waals surface area contributed by atoms with Crippen LogP contribution in [-0.4, -0.2) is 37.5 Å². The number of carbonyl (C=O) groups is 2. The highest BCUT2D eigenvalue weighted by Gasteiger charge is 2.22. The smallest absolute Gasteiger partial charge is 0.239 e. The maximum atomic E-state index is 11.9. The van der Waals surface area contributed by atoms with E-state index in [9.17, 15) is 9.59 Å². The zero-order valence-corrected chi connectivity index (χ0v) is 14.3. The van der Waals surface area contributed by atoms with Gasteiger partial charge in [-0.05, 0) is 31.2 Å². The van der Waals surface area contributed by atoms with Crippen molar-refractivity contribution < 1.29 is 9.59 Å². The maximum absolute atomic E-state index is 11.9. The topological polar surface area (TPSA) is 70.2 Å². The zero-order valence-electron chi connectivity index (χ0n) is 13.5. The van der Waals surface area contributed by atoms with Crippen molar-refractivity contribution in [3.8, 4) is 0 Å². The summed E-state index contributed by atoms with van der Waals surface area (Å²) in [5.41, 5.74) is 0. The Morgan fingerprint density at radius 1 is 1.14 bits per heavy atom. The molecule has 0 aromatic heterocycles. The van der Waals surface area contributed by atoms with Crippen LogP contribution < -0.4 is 16.0 Å². The van der Waals surface area contributed by atoms with Crippen LogP contribution in [-0.2, 0) is 9.59 Å². The molecule has 0 aromatic carbocycles. The van der Waals surface area contributed by atoms with Crippen LogP contribution in [0.4, 0.5) is 0 Å². The minimum absolute atomic E-state index is 0. The standard InChI is InChI=1S/C16H29N3O2.ClH/c1-12-8-9-17-10-14(12)19-16(21)11-18-15(20)7-6-13-4-2-3-5-13;/h12-14,17H,2-11H2,1H3,(H,18,20)(H,19,21);1H. The Bertz CT molecular complexity index is 359. The van der Waals surface area contributed by atoms with Crippen LogP contribution in [0.3, 0.4) is 0 Å². The van der Waals surface area contributed by atoms with Gasteiger partial charge in [0.15, 0.2) is 0 Å². The minimum atomic E-state index is -0.0789. The SMILES string of the molecule is CC1CCNCC1NC(=O)CNC(=O)CCC1CCCC1.Cl. The van der Waals surface area contributed by atoms with Gasteiger partial charge in [-0.1, -0.05) is 32.6 Å². The first-order valence-corrected chi connectivity index (χ1v) is 8.42. The number of piperidine rings is 1. The molecule has 6 heteroatoms. The molecule has 128 valence electrons. The van der Waals surface area contributed by atoms with Gasteiger partial charge in [0, 0.05) is 19.0 Å². The average Bonchev–Trinajstić information content (AvgIpc) is 2.99. The Hall–Kier alpha value is -0.810. The first kappa shape index (κ1) is 19.2. The van der Waals surface area contributed by atoms with Crippen molar-refractivity contribution in [2.75, 3.05) is 19.6 Å². The molecule has 5 nitrogen and oxygen atoms in total. The predicted octanol–water partition coefficient (Wildman–Crippen LogP) is 1.61. The Morgan fingerprint density at radius 3 is 2.55 bits per heavy atom. The van der Waals surface area contributed by atoms with Crippen LogP contribution in [0.1, 0.15) is 51.9 Å². The lowest BCUT2D eigenvalue weighted by Gasteiger charge is -2.30. The molecule has 2 unspecified atom stereocenters. The summed E-state index contributed by atoms with van der Waals surface area (Å²) in [7, 11) is 0. The van der Waals surface area contributed by atoms with Gasteiger partial charge >= 0.3 is 0 Å².